The minimum absolute atomic E-state index is 0.132. The molecular weight excluding hydrogens is 351 g/mol. The van der Waals surface area contributed by atoms with E-state index in [2.05, 4.69) is 5.32 Å². The van der Waals surface area contributed by atoms with Gasteiger partial charge in [0.1, 0.15) is 5.82 Å². The fourth-order valence-electron chi connectivity index (χ4n) is 2.28. The van der Waals surface area contributed by atoms with Gasteiger partial charge in [0.05, 0.1) is 20.8 Å². The molecule has 0 saturated heterocycles. The largest absolute Gasteiger partial charge is 0.493 e. The van der Waals surface area contributed by atoms with Crippen molar-refractivity contribution in [3.63, 3.8) is 0 Å². The van der Waals surface area contributed by atoms with E-state index in [1.54, 1.807) is 31.4 Å². The second-order valence-electron chi connectivity index (χ2n) is 5.70. The first-order chi connectivity index (χ1) is 12.9. The van der Waals surface area contributed by atoms with Crippen LogP contribution in [0.25, 0.3) is 6.08 Å². The Morgan fingerprint density at radius 3 is 2.37 bits per heavy atom. The van der Waals surface area contributed by atoms with Gasteiger partial charge in [-0.2, -0.15) is 0 Å². The molecule has 0 heterocycles. The summed E-state index contributed by atoms with van der Waals surface area (Å²) >= 11 is 0. The van der Waals surface area contributed by atoms with Gasteiger partial charge in [0.2, 0.25) is 11.8 Å². The Kier molecular flexibility index (Phi) is 6.93. The van der Waals surface area contributed by atoms with E-state index in [1.165, 1.54) is 49.4 Å². The van der Waals surface area contributed by atoms with E-state index >= 15 is 0 Å². The molecule has 6 nitrogen and oxygen atoms in total. The first-order valence-electron chi connectivity index (χ1n) is 8.13. The Labute approximate surface area is 157 Å². The number of ether oxygens (including phenoxy) is 2. The van der Waals surface area contributed by atoms with Crippen molar-refractivity contribution in [3.8, 4) is 11.5 Å². The van der Waals surface area contributed by atoms with Crippen molar-refractivity contribution < 1.29 is 23.5 Å². The maximum Gasteiger partial charge on any atom is 0.246 e. The second kappa shape index (κ2) is 9.38. The number of benzene rings is 2. The van der Waals surface area contributed by atoms with Crippen molar-refractivity contribution in [2.24, 2.45) is 0 Å². The van der Waals surface area contributed by atoms with Gasteiger partial charge in [-0.25, -0.2) is 4.39 Å². The number of carbonyl (C=O) groups is 2. The molecule has 2 aromatic rings. The minimum atomic E-state index is -0.388. The number of halogens is 1. The molecule has 2 aromatic carbocycles. The van der Waals surface area contributed by atoms with Crippen LogP contribution in [0.5, 0.6) is 11.5 Å². The molecule has 0 aliphatic carbocycles. The summed E-state index contributed by atoms with van der Waals surface area (Å²) in [5.74, 6) is 0.0475. The lowest BCUT2D eigenvalue weighted by molar-refractivity contribution is -0.129. The zero-order valence-corrected chi connectivity index (χ0v) is 15.4. The van der Waals surface area contributed by atoms with E-state index < -0.39 is 0 Å². The van der Waals surface area contributed by atoms with Gasteiger partial charge in [0.25, 0.3) is 0 Å². The van der Waals surface area contributed by atoms with Gasteiger partial charge >= 0.3 is 0 Å². The van der Waals surface area contributed by atoms with Crippen LogP contribution in [0.3, 0.4) is 0 Å². The molecule has 0 aromatic heterocycles. The molecule has 27 heavy (non-hydrogen) atoms. The van der Waals surface area contributed by atoms with Gasteiger partial charge < -0.3 is 19.7 Å². The number of hydrogen-bond donors (Lipinski definition) is 1. The zero-order chi connectivity index (χ0) is 19.8. The number of methoxy groups -OCH3 is 2. The van der Waals surface area contributed by atoms with Crippen LogP contribution in [0.2, 0.25) is 0 Å². The molecule has 0 atom stereocenters. The number of likely N-dealkylation sites (N-methyl/N-ethyl adjacent to an activating group) is 1. The first-order valence-corrected chi connectivity index (χ1v) is 8.13. The highest BCUT2D eigenvalue weighted by Gasteiger charge is 2.11. The molecule has 7 heteroatoms. The molecule has 0 unspecified atom stereocenters. The number of amides is 2. The zero-order valence-electron chi connectivity index (χ0n) is 15.4. The molecule has 0 aliphatic rings. The van der Waals surface area contributed by atoms with E-state index in [4.69, 9.17) is 9.47 Å². The van der Waals surface area contributed by atoms with Crippen molar-refractivity contribution in [2.75, 3.05) is 33.1 Å². The van der Waals surface area contributed by atoms with Gasteiger partial charge in [-0.1, -0.05) is 6.07 Å². The lowest BCUT2D eigenvalue weighted by Gasteiger charge is -2.15. The molecular formula is C20H21FN2O4. The van der Waals surface area contributed by atoms with E-state index in [-0.39, 0.29) is 24.2 Å². The third-order valence-electron chi connectivity index (χ3n) is 3.71. The van der Waals surface area contributed by atoms with Crippen LogP contribution in [0.1, 0.15) is 5.56 Å². The lowest BCUT2D eigenvalue weighted by atomic mass is 10.2. The molecule has 0 bridgehead atoms. The Morgan fingerprint density at radius 2 is 1.74 bits per heavy atom. The Hall–Kier alpha value is -3.35. The van der Waals surface area contributed by atoms with E-state index in [1.807, 2.05) is 0 Å². The first kappa shape index (κ1) is 20.0. The maximum absolute atomic E-state index is 12.9. The van der Waals surface area contributed by atoms with E-state index in [0.29, 0.717) is 17.2 Å². The Bertz CT molecular complexity index is 834. The molecule has 0 radical (unpaired) electrons. The molecule has 0 aliphatic heterocycles. The molecule has 0 fully saturated rings. The predicted molar refractivity (Wildman–Crippen MR) is 101 cm³/mol. The third kappa shape index (κ3) is 5.85. The van der Waals surface area contributed by atoms with E-state index in [9.17, 15) is 14.0 Å². The summed E-state index contributed by atoms with van der Waals surface area (Å²) in [5, 5.41) is 2.60. The average molecular weight is 372 g/mol. The number of carbonyl (C=O) groups excluding carboxylic acids is 2. The quantitative estimate of drug-likeness (QED) is 0.759. The summed E-state index contributed by atoms with van der Waals surface area (Å²) in [6, 6.07) is 10.7. The molecule has 0 saturated carbocycles. The fraction of sp³-hybridized carbons (Fsp3) is 0.200. The lowest BCUT2D eigenvalue weighted by Crippen LogP contribution is -2.33. The van der Waals surface area contributed by atoms with Crippen molar-refractivity contribution >= 4 is 23.6 Å². The number of anilines is 1. The van der Waals surface area contributed by atoms with Crippen LogP contribution in [0.4, 0.5) is 10.1 Å². The number of rotatable bonds is 7. The highest BCUT2D eigenvalue weighted by Crippen LogP contribution is 2.27. The van der Waals surface area contributed by atoms with Crippen LogP contribution in [-0.2, 0) is 9.59 Å². The summed E-state index contributed by atoms with van der Waals surface area (Å²) in [4.78, 5) is 25.4. The summed E-state index contributed by atoms with van der Waals surface area (Å²) in [5.41, 5.74) is 1.22. The SMILES string of the molecule is COc1ccc(/C=C/C(=O)N(C)CC(=O)Nc2ccc(F)cc2)cc1OC. The smallest absolute Gasteiger partial charge is 0.246 e. The third-order valence-corrected chi connectivity index (χ3v) is 3.71. The molecule has 142 valence electrons. The van der Waals surface area contributed by atoms with Crippen LogP contribution in [0.15, 0.2) is 48.5 Å². The van der Waals surface area contributed by atoms with Crippen molar-refractivity contribution in [2.45, 2.75) is 0 Å². The summed E-state index contributed by atoms with van der Waals surface area (Å²) < 4.78 is 23.2. The highest BCUT2D eigenvalue weighted by atomic mass is 19.1. The van der Waals surface area contributed by atoms with Crippen LogP contribution < -0.4 is 14.8 Å². The van der Waals surface area contributed by atoms with Crippen LogP contribution in [0, 0.1) is 5.82 Å². The second-order valence-corrected chi connectivity index (χ2v) is 5.70. The normalized spacial score (nSPS) is 10.5. The molecule has 1 N–H and O–H groups in total. The van der Waals surface area contributed by atoms with Gasteiger partial charge in [0.15, 0.2) is 11.5 Å². The highest BCUT2D eigenvalue weighted by molar-refractivity contribution is 5.97. The van der Waals surface area contributed by atoms with Gasteiger partial charge in [0, 0.05) is 18.8 Å². The summed E-state index contributed by atoms with van der Waals surface area (Å²) in [7, 11) is 4.60. The van der Waals surface area contributed by atoms with Gasteiger partial charge in [-0.15, -0.1) is 0 Å². The summed E-state index contributed by atoms with van der Waals surface area (Å²) in [6.45, 7) is -0.132. The van der Waals surface area contributed by atoms with Crippen LogP contribution >= 0.6 is 0 Å². The van der Waals surface area contributed by atoms with Gasteiger partial charge in [-0.3, -0.25) is 9.59 Å². The standard InChI is InChI=1S/C20H21FN2O4/c1-23(13-19(24)22-16-8-6-15(21)7-9-16)20(25)11-5-14-4-10-17(26-2)18(12-14)27-3/h4-12H,13H2,1-3H3,(H,22,24)/b11-5+. The monoisotopic (exact) mass is 372 g/mol. The average Bonchev–Trinajstić information content (AvgIpc) is 2.67. The fourth-order valence-corrected chi connectivity index (χ4v) is 2.28. The Balaban J connectivity index is 1.93. The minimum Gasteiger partial charge on any atom is -0.493 e. The van der Waals surface area contributed by atoms with Crippen molar-refractivity contribution in [1.82, 2.24) is 4.90 Å². The van der Waals surface area contributed by atoms with Crippen molar-refractivity contribution in [1.29, 1.82) is 0 Å². The van der Waals surface area contributed by atoms with Crippen LogP contribution in [-0.4, -0.2) is 44.5 Å². The summed E-state index contributed by atoms with van der Waals surface area (Å²) in [6.07, 6.45) is 2.99. The topological polar surface area (TPSA) is 67.9 Å². The molecule has 2 rings (SSSR count). The maximum atomic E-state index is 12.9. The number of hydrogen-bond acceptors (Lipinski definition) is 4. The predicted octanol–water partition coefficient (Wildman–Crippen LogP) is 2.95. The number of nitrogens with one attached hydrogen (secondary N) is 1. The Morgan fingerprint density at radius 1 is 1.07 bits per heavy atom. The van der Waals surface area contributed by atoms with Crippen molar-refractivity contribution in [3.05, 3.63) is 59.9 Å². The molecule has 0 spiro atoms. The van der Waals surface area contributed by atoms with Gasteiger partial charge in [-0.05, 0) is 48.0 Å². The van der Waals surface area contributed by atoms with E-state index in [0.717, 1.165) is 5.56 Å². The number of nitrogens with zero attached hydrogens (tertiary/aromatic N) is 1. The molecule has 2 amide bonds.